The van der Waals surface area contributed by atoms with Crippen molar-refractivity contribution in [2.24, 2.45) is 0 Å². The van der Waals surface area contributed by atoms with Crippen LogP contribution in [0.3, 0.4) is 0 Å². The predicted octanol–water partition coefficient (Wildman–Crippen LogP) is 3.26. The maximum Gasteiger partial charge on any atom is 0.329 e. The molecule has 1 saturated heterocycles. The summed E-state index contributed by atoms with van der Waals surface area (Å²) in [6, 6.07) is 3.90. The molecule has 2 aromatic rings. The van der Waals surface area contributed by atoms with Crippen LogP contribution in [-0.2, 0) is 4.79 Å². The number of hydrogen-bond acceptors (Lipinski definition) is 6. The molecule has 1 aliphatic rings. The Morgan fingerprint density at radius 3 is 2.70 bits per heavy atom. The zero-order valence-corrected chi connectivity index (χ0v) is 14.9. The van der Waals surface area contributed by atoms with Crippen LogP contribution in [0.4, 0.5) is 0 Å². The third-order valence-corrected chi connectivity index (χ3v) is 7.02. The highest BCUT2D eigenvalue weighted by molar-refractivity contribution is 7.99. The van der Waals surface area contributed by atoms with Gasteiger partial charge in [-0.15, -0.1) is 22.7 Å². The van der Waals surface area contributed by atoms with Gasteiger partial charge in [-0.1, -0.05) is 6.07 Å². The van der Waals surface area contributed by atoms with E-state index in [1.807, 2.05) is 17.5 Å². The summed E-state index contributed by atoms with van der Waals surface area (Å²) in [6.07, 6.45) is 0.906. The number of carboxylic acid groups (broad SMARTS) is 1. The van der Waals surface area contributed by atoms with Crippen LogP contribution in [0.25, 0.3) is 9.88 Å². The van der Waals surface area contributed by atoms with Crippen LogP contribution >= 0.6 is 34.4 Å². The lowest BCUT2D eigenvalue weighted by atomic mass is 9.92. The van der Waals surface area contributed by atoms with Crippen LogP contribution in [0.15, 0.2) is 17.5 Å². The molecule has 3 rings (SSSR count). The fourth-order valence-corrected chi connectivity index (χ4v) is 5.45. The van der Waals surface area contributed by atoms with Gasteiger partial charge in [-0.3, -0.25) is 4.79 Å². The van der Waals surface area contributed by atoms with Crippen LogP contribution in [-0.4, -0.2) is 39.0 Å². The van der Waals surface area contributed by atoms with Gasteiger partial charge in [-0.05, 0) is 42.7 Å². The van der Waals surface area contributed by atoms with Crippen molar-refractivity contribution in [1.29, 1.82) is 0 Å². The van der Waals surface area contributed by atoms with E-state index in [2.05, 4.69) is 10.3 Å². The third-order valence-electron chi connectivity index (χ3n) is 3.84. The van der Waals surface area contributed by atoms with Gasteiger partial charge in [0.15, 0.2) is 0 Å². The fraction of sp³-hybridized carbons (Fsp3) is 0.400. The van der Waals surface area contributed by atoms with Crippen molar-refractivity contribution in [3.63, 3.8) is 0 Å². The third kappa shape index (κ3) is 3.29. The molecule has 0 atom stereocenters. The van der Waals surface area contributed by atoms with Gasteiger partial charge in [-0.25, -0.2) is 9.78 Å². The number of carbonyl (C=O) groups excluding carboxylic acids is 1. The van der Waals surface area contributed by atoms with Crippen molar-refractivity contribution in [2.45, 2.75) is 25.3 Å². The number of thiazole rings is 1. The summed E-state index contributed by atoms with van der Waals surface area (Å²) >= 11 is 4.60. The second-order valence-electron chi connectivity index (χ2n) is 5.36. The number of aliphatic carboxylic acids is 1. The summed E-state index contributed by atoms with van der Waals surface area (Å²) in [5.74, 6) is 0.201. The Bertz CT molecular complexity index is 718. The fourth-order valence-electron chi connectivity index (χ4n) is 2.50. The van der Waals surface area contributed by atoms with E-state index in [4.69, 9.17) is 0 Å². The molecule has 2 aromatic heterocycles. The Kier molecular flexibility index (Phi) is 4.74. The zero-order valence-electron chi connectivity index (χ0n) is 12.5. The number of hydrogen-bond donors (Lipinski definition) is 2. The van der Waals surface area contributed by atoms with Gasteiger partial charge in [0.25, 0.3) is 5.91 Å². The van der Waals surface area contributed by atoms with Gasteiger partial charge in [0.05, 0.1) is 10.6 Å². The molecule has 3 heterocycles. The number of thiophene rings is 1. The molecule has 23 heavy (non-hydrogen) atoms. The Morgan fingerprint density at radius 1 is 1.35 bits per heavy atom. The van der Waals surface area contributed by atoms with E-state index in [1.165, 1.54) is 11.3 Å². The maximum atomic E-state index is 12.6. The lowest BCUT2D eigenvalue weighted by molar-refractivity contribution is -0.144. The van der Waals surface area contributed by atoms with Crippen molar-refractivity contribution in [3.8, 4) is 9.88 Å². The molecule has 0 spiro atoms. The first-order chi connectivity index (χ1) is 11.0. The average Bonchev–Trinajstić information content (AvgIpc) is 3.17. The number of carboxylic acids is 1. The van der Waals surface area contributed by atoms with Gasteiger partial charge < -0.3 is 10.4 Å². The van der Waals surface area contributed by atoms with Crippen molar-refractivity contribution in [1.82, 2.24) is 10.3 Å². The van der Waals surface area contributed by atoms with E-state index in [-0.39, 0.29) is 5.91 Å². The lowest BCUT2D eigenvalue weighted by Gasteiger charge is -2.33. The van der Waals surface area contributed by atoms with Crippen molar-refractivity contribution in [3.05, 3.63) is 28.1 Å². The molecule has 1 amide bonds. The Morgan fingerprint density at radius 2 is 2.09 bits per heavy atom. The number of aryl methyl sites for hydroxylation is 1. The van der Waals surface area contributed by atoms with Gasteiger partial charge in [0.2, 0.25) is 0 Å². The standard InChI is InChI=1S/C15H16N2O3S3/c1-9-11(23-13(16-9)10-3-2-6-22-10)12(18)17-15(14(19)20)4-7-21-8-5-15/h2-3,6H,4-5,7-8H2,1H3,(H,17,18)(H,19,20). The second-order valence-corrected chi connectivity index (χ2v) is 8.54. The Balaban J connectivity index is 1.84. The summed E-state index contributed by atoms with van der Waals surface area (Å²) in [5.41, 5.74) is -0.511. The molecule has 0 aliphatic carbocycles. The first-order valence-corrected chi connectivity index (χ1v) is 10.0. The van der Waals surface area contributed by atoms with Gasteiger partial charge in [-0.2, -0.15) is 11.8 Å². The summed E-state index contributed by atoms with van der Waals surface area (Å²) in [6.45, 7) is 1.78. The monoisotopic (exact) mass is 368 g/mol. The Labute approximate surface area is 146 Å². The maximum absolute atomic E-state index is 12.6. The lowest BCUT2D eigenvalue weighted by Crippen LogP contribution is -2.56. The van der Waals surface area contributed by atoms with Crippen molar-refractivity contribution in [2.75, 3.05) is 11.5 Å². The van der Waals surface area contributed by atoms with E-state index < -0.39 is 11.5 Å². The van der Waals surface area contributed by atoms with E-state index in [9.17, 15) is 14.7 Å². The average molecular weight is 369 g/mol. The molecule has 0 aromatic carbocycles. The molecule has 0 saturated carbocycles. The zero-order chi connectivity index (χ0) is 16.4. The minimum atomic E-state index is -1.15. The van der Waals surface area contributed by atoms with Gasteiger partial charge in [0, 0.05) is 0 Å². The molecule has 0 bridgehead atoms. The minimum absolute atomic E-state index is 0.336. The Hall–Kier alpha value is -1.38. The highest BCUT2D eigenvalue weighted by Crippen LogP contribution is 2.32. The largest absolute Gasteiger partial charge is 0.480 e. The number of rotatable bonds is 4. The highest BCUT2D eigenvalue weighted by atomic mass is 32.2. The number of aromatic nitrogens is 1. The molecule has 5 nitrogen and oxygen atoms in total. The molecule has 1 aliphatic heterocycles. The summed E-state index contributed by atoms with van der Waals surface area (Å²) in [4.78, 5) is 30.3. The quantitative estimate of drug-likeness (QED) is 0.866. The molecule has 1 fully saturated rings. The number of carbonyl (C=O) groups is 2. The minimum Gasteiger partial charge on any atom is -0.480 e. The van der Waals surface area contributed by atoms with E-state index >= 15 is 0 Å². The normalized spacial score (nSPS) is 16.9. The van der Waals surface area contributed by atoms with Crippen LogP contribution in [0, 0.1) is 6.92 Å². The van der Waals surface area contributed by atoms with Gasteiger partial charge >= 0.3 is 5.97 Å². The first-order valence-electron chi connectivity index (χ1n) is 7.17. The van der Waals surface area contributed by atoms with Crippen LogP contribution < -0.4 is 5.32 Å². The molecular weight excluding hydrogens is 352 g/mol. The molecular formula is C15H16N2O3S3. The molecule has 8 heteroatoms. The van der Waals surface area contributed by atoms with E-state index in [0.717, 1.165) is 21.4 Å². The van der Waals surface area contributed by atoms with Crippen molar-refractivity contribution >= 4 is 46.3 Å². The van der Waals surface area contributed by atoms with E-state index in [0.29, 0.717) is 23.4 Å². The summed E-state index contributed by atoms with van der Waals surface area (Å²) in [5, 5.41) is 15.1. The molecule has 0 unspecified atom stereocenters. The number of amides is 1. The van der Waals surface area contributed by atoms with Crippen LogP contribution in [0.1, 0.15) is 28.2 Å². The predicted molar refractivity (Wildman–Crippen MR) is 94.6 cm³/mol. The van der Waals surface area contributed by atoms with Crippen molar-refractivity contribution < 1.29 is 14.7 Å². The van der Waals surface area contributed by atoms with E-state index in [1.54, 1.807) is 30.0 Å². The number of thioether (sulfide) groups is 1. The molecule has 122 valence electrons. The first kappa shape index (κ1) is 16.5. The molecule has 0 radical (unpaired) electrons. The molecule has 2 N–H and O–H groups in total. The number of nitrogens with one attached hydrogen (secondary N) is 1. The smallest absolute Gasteiger partial charge is 0.329 e. The number of nitrogens with zero attached hydrogens (tertiary/aromatic N) is 1. The van der Waals surface area contributed by atoms with Gasteiger partial charge in [0.1, 0.15) is 15.4 Å². The summed E-state index contributed by atoms with van der Waals surface area (Å²) in [7, 11) is 0. The topological polar surface area (TPSA) is 79.3 Å². The van der Waals surface area contributed by atoms with Crippen LogP contribution in [0.2, 0.25) is 0 Å². The SMILES string of the molecule is Cc1nc(-c2cccs2)sc1C(=O)NC1(C(=O)O)CCSCC1. The second kappa shape index (κ2) is 6.62. The highest BCUT2D eigenvalue weighted by Gasteiger charge is 2.42. The summed E-state index contributed by atoms with van der Waals surface area (Å²) < 4.78 is 0. The van der Waals surface area contributed by atoms with Crippen LogP contribution in [0.5, 0.6) is 0 Å².